The summed E-state index contributed by atoms with van der Waals surface area (Å²) in [5, 5.41) is 4.38. The third-order valence-corrected chi connectivity index (χ3v) is 4.29. The second-order valence-corrected chi connectivity index (χ2v) is 6.45. The lowest BCUT2D eigenvalue weighted by atomic mass is 10.1. The molecule has 0 fully saturated rings. The van der Waals surface area contributed by atoms with E-state index in [0.29, 0.717) is 22.5 Å². The van der Waals surface area contributed by atoms with Crippen LogP contribution in [0.5, 0.6) is 5.75 Å². The van der Waals surface area contributed by atoms with Gasteiger partial charge < -0.3 is 10.1 Å². The second-order valence-electron chi connectivity index (χ2n) is 6.45. The van der Waals surface area contributed by atoms with E-state index in [0.717, 1.165) is 11.1 Å². The number of aryl methyl sites for hydroxylation is 1. The molecule has 0 saturated carbocycles. The van der Waals surface area contributed by atoms with Crippen molar-refractivity contribution in [3.63, 3.8) is 0 Å². The highest BCUT2D eigenvalue weighted by Crippen LogP contribution is 2.30. The molecule has 0 spiro atoms. The number of aromatic nitrogens is 3. The number of rotatable bonds is 4. The normalized spacial score (nSPS) is 11.5. The van der Waals surface area contributed by atoms with Crippen molar-refractivity contribution >= 4 is 22.3 Å². The van der Waals surface area contributed by atoms with Crippen LogP contribution in [0.25, 0.3) is 22.0 Å². The zero-order chi connectivity index (χ0) is 21.3. The van der Waals surface area contributed by atoms with Crippen LogP contribution in [0.15, 0.2) is 61.1 Å². The molecule has 2 aromatic heterocycles. The molecule has 0 unspecified atom stereocenters. The van der Waals surface area contributed by atoms with E-state index in [1.807, 2.05) is 6.92 Å². The molecule has 4 rings (SSSR count). The monoisotopic (exact) mass is 414 g/mol. The molecule has 5 nitrogen and oxygen atoms in total. The largest absolute Gasteiger partial charge is 0.573 e. The molecule has 9 heteroatoms. The predicted octanol–water partition coefficient (Wildman–Crippen LogP) is 5.78. The average molecular weight is 414 g/mol. The van der Waals surface area contributed by atoms with Crippen molar-refractivity contribution in [2.75, 3.05) is 5.32 Å². The molecule has 0 bridgehead atoms. The van der Waals surface area contributed by atoms with E-state index < -0.39 is 12.2 Å². The molecule has 0 aliphatic carbocycles. The summed E-state index contributed by atoms with van der Waals surface area (Å²) in [5.41, 5.74) is 1.98. The second kappa shape index (κ2) is 7.58. The van der Waals surface area contributed by atoms with Crippen LogP contribution in [-0.2, 0) is 0 Å². The first kappa shape index (κ1) is 19.6. The van der Waals surface area contributed by atoms with Crippen LogP contribution in [0.3, 0.4) is 0 Å². The lowest BCUT2D eigenvalue weighted by Gasteiger charge is -2.12. The molecular formula is C21H14F4N4O. The van der Waals surface area contributed by atoms with Gasteiger partial charge in [0.2, 0.25) is 0 Å². The minimum Gasteiger partial charge on any atom is -0.406 e. The van der Waals surface area contributed by atoms with E-state index in [1.165, 1.54) is 36.7 Å². The lowest BCUT2D eigenvalue weighted by Crippen LogP contribution is -2.16. The topological polar surface area (TPSA) is 59.9 Å². The quantitative estimate of drug-likeness (QED) is 0.429. The molecule has 0 radical (unpaired) electrons. The fraction of sp³-hybridized carbons (Fsp3) is 0.0952. The van der Waals surface area contributed by atoms with Crippen molar-refractivity contribution < 1.29 is 22.3 Å². The van der Waals surface area contributed by atoms with Gasteiger partial charge in [0.25, 0.3) is 0 Å². The van der Waals surface area contributed by atoms with Gasteiger partial charge in [0.15, 0.2) is 0 Å². The maximum absolute atomic E-state index is 14.5. The van der Waals surface area contributed by atoms with Crippen LogP contribution < -0.4 is 10.1 Å². The van der Waals surface area contributed by atoms with Gasteiger partial charge in [0, 0.05) is 34.3 Å². The molecule has 0 amide bonds. The summed E-state index contributed by atoms with van der Waals surface area (Å²) in [4.78, 5) is 12.5. The van der Waals surface area contributed by atoms with E-state index in [4.69, 9.17) is 0 Å². The highest BCUT2D eigenvalue weighted by atomic mass is 19.4. The number of hydrogen-bond donors (Lipinski definition) is 1. The van der Waals surface area contributed by atoms with Crippen molar-refractivity contribution in [1.82, 2.24) is 15.0 Å². The molecular weight excluding hydrogens is 400 g/mol. The van der Waals surface area contributed by atoms with Crippen LogP contribution in [0.4, 0.5) is 29.1 Å². The van der Waals surface area contributed by atoms with E-state index >= 15 is 0 Å². The van der Waals surface area contributed by atoms with Crippen molar-refractivity contribution in [2.24, 2.45) is 0 Å². The lowest BCUT2D eigenvalue weighted by molar-refractivity contribution is -0.274. The summed E-state index contributed by atoms with van der Waals surface area (Å²) in [6.07, 6.45) is -1.82. The number of nitrogens with one attached hydrogen (secondary N) is 1. The maximum Gasteiger partial charge on any atom is 0.573 e. The van der Waals surface area contributed by atoms with Crippen molar-refractivity contribution in [3.05, 3.63) is 72.6 Å². The van der Waals surface area contributed by atoms with Crippen molar-refractivity contribution in [1.29, 1.82) is 0 Å². The van der Waals surface area contributed by atoms with Gasteiger partial charge in [-0.3, -0.25) is 4.98 Å². The molecule has 2 heterocycles. The molecule has 1 N–H and O–H groups in total. The Kier molecular flexibility index (Phi) is 4.94. The molecule has 30 heavy (non-hydrogen) atoms. The SMILES string of the molecule is Cc1cc2c(Nc3cc(-c4ccc(OC(F)(F)F)cc4)ncn3)c(F)ccc2cn1. The Labute approximate surface area is 168 Å². The van der Waals surface area contributed by atoms with Gasteiger partial charge >= 0.3 is 6.36 Å². The Bertz CT molecular complexity index is 1200. The first-order chi connectivity index (χ1) is 14.3. The predicted molar refractivity (Wildman–Crippen MR) is 104 cm³/mol. The van der Waals surface area contributed by atoms with Gasteiger partial charge in [-0.2, -0.15) is 0 Å². The summed E-state index contributed by atoms with van der Waals surface area (Å²) in [5.74, 6) is -0.459. The highest BCUT2D eigenvalue weighted by molar-refractivity contribution is 5.95. The van der Waals surface area contributed by atoms with E-state index in [9.17, 15) is 17.6 Å². The van der Waals surface area contributed by atoms with Gasteiger partial charge in [0.1, 0.15) is 23.7 Å². The van der Waals surface area contributed by atoms with E-state index in [2.05, 4.69) is 25.0 Å². The zero-order valence-corrected chi connectivity index (χ0v) is 15.5. The Morgan fingerprint density at radius 2 is 1.70 bits per heavy atom. The summed E-state index contributed by atoms with van der Waals surface area (Å²) >= 11 is 0. The first-order valence-corrected chi connectivity index (χ1v) is 8.79. The fourth-order valence-corrected chi connectivity index (χ4v) is 2.96. The molecule has 0 atom stereocenters. The number of hydrogen-bond acceptors (Lipinski definition) is 5. The molecule has 0 aliphatic rings. The Morgan fingerprint density at radius 1 is 0.933 bits per heavy atom. The Hall–Kier alpha value is -3.75. The highest BCUT2D eigenvalue weighted by Gasteiger charge is 2.31. The number of alkyl halides is 3. The molecule has 152 valence electrons. The molecule has 0 saturated heterocycles. The zero-order valence-electron chi connectivity index (χ0n) is 15.5. The van der Waals surface area contributed by atoms with Gasteiger partial charge in [-0.25, -0.2) is 14.4 Å². The first-order valence-electron chi connectivity index (χ1n) is 8.79. The molecule has 0 aliphatic heterocycles. The number of anilines is 2. The van der Waals surface area contributed by atoms with Gasteiger partial charge in [-0.15, -0.1) is 13.2 Å². The Morgan fingerprint density at radius 3 is 2.43 bits per heavy atom. The van der Waals surface area contributed by atoms with Gasteiger partial charge in [0.05, 0.1) is 11.4 Å². The molecule has 4 aromatic rings. The summed E-state index contributed by atoms with van der Waals surface area (Å²) in [7, 11) is 0. The van der Waals surface area contributed by atoms with Crippen LogP contribution in [-0.4, -0.2) is 21.3 Å². The summed E-state index contributed by atoms with van der Waals surface area (Å²) in [6, 6.07) is 11.6. The standard InChI is InChI=1S/C21H14F4N4O/c1-12-8-16-14(10-26-12)4-7-17(22)20(16)29-19-9-18(27-11-28-19)13-2-5-15(6-3-13)30-21(23,24)25/h2-11H,1H3,(H,27,28,29). The summed E-state index contributed by atoms with van der Waals surface area (Å²) in [6.45, 7) is 1.81. The van der Waals surface area contributed by atoms with Crippen LogP contribution in [0.1, 0.15) is 5.69 Å². The summed E-state index contributed by atoms with van der Waals surface area (Å²) < 4.78 is 55.3. The van der Waals surface area contributed by atoms with Gasteiger partial charge in [-0.05, 0) is 49.4 Å². The number of nitrogens with zero attached hydrogens (tertiary/aromatic N) is 3. The number of benzene rings is 2. The van der Waals surface area contributed by atoms with E-state index in [1.54, 1.807) is 24.4 Å². The van der Waals surface area contributed by atoms with Crippen LogP contribution in [0, 0.1) is 12.7 Å². The smallest absolute Gasteiger partial charge is 0.406 e. The van der Waals surface area contributed by atoms with E-state index in [-0.39, 0.29) is 11.4 Å². The third-order valence-electron chi connectivity index (χ3n) is 4.29. The third kappa shape index (κ3) is 4.29. The van der Waals surface area contributed by atoms with Crippen molar-refractivity contribution in [2.45, 2.75) is 13.3 Å². The van der Waals surface area contributed by atoms with Crippen molar-refractivity contribution in [3.8, 4) is 17.0 Å². The average Bonchev–Trinajstić information content (AvgIpc) is 2.70. The number of halogens is 4. The number of pyridine rings is 1. The Balaban J connectivity index is 1.64. The van der Waals surface area contributed by atoms with Gasteiger partial charge in [-0.1, -0.05) is 0 Å². The molecule has 2 aromatic carbocycles. The van der Waals surface area contributed by atoms with Crippen LogP contribution in [0.2, 0.25) is 0 Å². The fourth-order valence-electron chi connectivity index (χ4n) is 2.96. The minimum absolute atomic E-state index is 0.247. The maximum atomic E-state index is 14.5. The minimum atomic E-state index is -4.76. The van der Waals surface area contributed by atoms with Crippen LogP contribution >= 0.6 is 0 Å². The number of ether oxygens (including phenoxy) is 1. The number of fused-ring (bicyclic) bond motifs is 1.